The van der Waals surface area contributed by atoms with Gasteiger partial charge in [-0.3, -0.25) is 9.69 Å². The Labute approximate surface area is 74.2 Å². The zero-order valence-corrected chi connectivity index (χ0v) is 7.81. The van der Waals surface area contributed by atoms with Crippen LogP contribution in [0.15, 0.2) is 12.2 Å². The van der Waals surface area contributed by atoms with Crippen molar-refractivity contribution in [3.63, 3.8) is 0 Å². The normalized spacial score (nSPS) is 19.1. The van der Waals surface area contributed by atoms with E-state index in [2.05, 4.69) is 11.5 Å². The van der Waals surface area contributed by atoms with E-state index in [-0.39, 0.29) is 5.78 Å². The van der Waals surface area contributed by atoms with Crippen LogP contribution in [0.5, 0.6) is 0 Å². The Balaban J connectivity index is 2.29. The second-order valence-corrected chi connectivity index (χ2v) is 3.50. The molecule has 0 amide bonds. The third-order valence-corrected chi connectivity index (χ3v) is 2.36. The van der Waals surface area contributed by atoms with Gasteiger partial charge in [0.15, 0.2) is 5.78 Å². The van der Waals surface area contributed by atoms with Gasteiger partial charge in [0.25, 0.3) is 0 Å². The number of Topliss-reactive ketones (excluding diaryl/α,β-unsaturated/α-hetero) is 1. The fourth-order valence-electron chi connectivity index (χ4n) is 1.50. The lowest BCUT2D eigenvalue weighted by Crippen LogP contribution is -2.32. The van der Waals surface area contributed by atoms with Gasteiger partial charge in [0, 0.05) is 12.1 Å². The van der Waals surface area contributed by atoms with E-state index in [0.29, 0.717) is 0 Å². The average molecular weight is 167 g/mol. The fourth-order valence-corrected chi connectivity index (χ4v) is 1.50. The minimum atomic E-state index is 0.126. The van der Waals surface area contributed by atoms with Crippen molar-refractivity contribution >= 4 is 5.78 Å². The van der Waals surface area contributed by atoms with Gasteiger partial charge in [-0.05, 0) is 32.9 Å². The molecule has 2 nitrogen and oxygen atoms in total. The molecule has 0 saturated carbocycles. The van der Waals surface area contributed by atoms with Crippen LogP contribution in [0, 0.1) is 0 Å². The number of hydrogen-bond donors (Lipinski definition) is 0. The number of nitrogens with zero attached hydrogens (tertiary/aromatic N) is 1. The van der Waals surface area contributed by atoms with Crippen LogP contribution in [0.25, 0.3) is 0 Å². The summed E-state index contributed by atoms with van der Waals surface area (Å²) in [6.45, 7) is 8.38. The summed E-state index contributed by atoms with van der Waals surface area (Å²) in [6.07, 6.45) is 3.87. The molecule has 1 fully saturated rings. The maximum Gasteiger partial charge on any atom is 0.156 e. The molecule has 0 aromatic rings. The Morgan fingerprint density at radius 3 is 2.42 bits per heavy atom. The Morgan fingerprint density at radius 1 is 1.33 bits per heavy atom. The van der Waals surface area contributed by atoms with Gasteiger partial charge < -0.3 is 0 Å². The van der Waals surface area contributed by atoms with Crippen molar-refractivity contribution in [2.24, 2.45) is 0 Å². The molecule has 2 heteroatoms. The fraction of sp³-hybridized carbons (Fsp3) is 0.700. The van der Waals surface area contributed by atoms with Crippen LogP contribution in [-0.2, 0) is 4.79 Å². The molecule has 1 aliphatic rings. The number of carbonyl (C=O) groups is 1. The van der Waals surface area contributed by atoms with Crippen molar-refractivity contribution in [3.8, 4) is 0 Å². The van der Waals surface area contributed by atoms with Crippen LogP contribution in [0.4, 0.5) is 0 Å². The lowest BCUT2D eigenvalue weighted by atomic mass is 10.1. The lowest BCUT2D eigenvalue weighted by Gasteiger charge is -2.26. The van der Waals surface area contributed by atoms with Gasteiger partial charge in [0.1, 0.15) is 0 Å². The van der Waals surface area contributed by atoms with E-state index in [1.807, 2.05) is 0 Å². The van der Waals surface area contributed by atoms with Crippen LogP contribution in [0.1, 0.15) is 26.2 Å². The molecule has 0 unspecified atom stereocenters. The predicted octanol–water partition coefficient (Wildman–Crippen LogP) is 1.62. The third kappa shape index (κ3) is 2.78. The van der Waals surface area contributed by atoms with E-state index in [0.717, 1.165) is 25.2 Å². The Bertz CT molecular complexity index is 180. The Morgan fingerprint density at radius 2 is 1.92 bits per heavy atom. The van der Waals surface area contributed by atoms with Crippen molar-refractivity contribution < 1.29 is 4.79 Å². The summed E-state index contributed by atoms with van der Waals surface area (Å²) in [4.78, 5) is 13.2. The number of hydrogen-bond acceptors (Lipinski definition) is 2. The topological polar surface area (TPSA) is 20.3 Å². The van der Waals surface area contributed by atoms with Crippen molar-refractivity contribution in [2.45, 2.75) is 26.2 Å². The maximum absolute atomic E-state index is 10.9. The highest BCUT2D eigenvalue weighted by Crippen LogP contribution is 2.10. The highest BCUT2D eigenvalue weighted by Gasteiger charge is 2.12. The zero-order valence-electron chi connectivity index (χ0n) is 7.81. The number of rotatable bonds is 3. The van der Waals surface area contributed by atoms with Gasteiger partial charge in [0.2, 0.25) is 0 Å². The molecule has 1 saturated heterocycles. The molecule has 0 bridgehead atoms. The summed E-state index contributed by atoms with van der Waals surface area (Å²) in [6, 6.07) is 0. The smallest absolute Gasteiger partial charge is 0.156 e. The van der Waals surface area contributed by atoms with Gasteiger partial charge in [-0.2, -0.15) is 0 Å². The van der Waals surface area contributed by atoms with Crippen LogP contribution < -0.4 is 0 Å². The van der Waals surface area contributed by atoms with Gasteiger partial charge in [-0.25, -0.2) is 0 Å². The van der Waals surface area contributed by atoms with Gasteiger partial charge in [-0.15, -0.1) is 0 Å². The van der Waals surface area contributed by atoms with Crippen LogP contribution >= 0.6 is 0 Å². The van der Waals surface area contributed by atoms with Crippen molar-refractivity contribution in [3.05, 3.63) is 12.2 Å². The first kappa shape index (κ1) is 9.46. The maximum atomic E-state index is 10.9. The van der Waals surface area contributed by atoms with E-state index in [4.69, 9.17) is 0 Å². The summed E-state index contributed by atoms with van der Waals surface area (Å²) in [5.41, 5.74) is 0.747. The van der Waals surface area contributed by atoms with Crippen molar-refractivity contribution in [1.82, 2.24) is 4.90 Å². The quantitative estimate of drug-likeness (QED) is 0.595. The van der Waals surface area contributed by atoms with E-state index in [1.54, 1.807) is 6.92 Å². The van der Waals surface area contributed by atoms with Crippen LogP contribution in [-0.4, -0.2) is 30.3 Å². The predicted molar refractivity (Wildman–Crippen MR) is 50.1 cm³/mol. The Kier molecular flexibility index (Phi) is 3.48. The molecular weight excluding hydrogens is 150 g/mol. The lowest BCUT2D eigenvalue weighted by molar-refractivity contribution is -0.113. The van der Waals surface area contributed by atoms with Crippen LogP contribution in [0.2, 0.25) is 0 Å². The Hall–Kier alpha value is -0.630. The molecule has 0 radical (unpaired) electrons. The molecule has 0 aliphatic carbocycles. The SMILES string of the molecule is C=C(CN1CCCCC1)C(C)=O. The largest absolute Gasteiger partial charge is 0.299 e. The van der Waals surface area contributed by atoms with E-state index >= 15 is 0 Å². The minimum absolute atomic E-state index is 0.126. The molecule has 0 spiro atoms. The first-order valence-corrected chi connectivity index (χ1v) is 4.61. The van der Waals surface area contributed by atoms with Crippen molar-refractivity contribution in [1.29, 1.82) is 0 Å². The summed E-state index contributed by atoms with van der Waals surface area (Å²) in [5, 5.41) is 0. The summed E-state index contributed by atoms with van der Waals surface area (Å²) < 4.78 is 0. The number of likely N-dealkylation sites (tertiary alicyclic amines) is 1. The molecule has 0 atom stereocenters. The molecule has 0 N–H and O–H groups in total. The molecular formula is C10H17NO. The molecule has 1 rings (SSSR count). The average Bonchev–Trinajstić information content (AvgIpc) is 2.06. The number of piperidine rings is 1. The minimum Gasteiger partial charge on any atom is -0.299 e. The molecule has 1 aliphatic heterocycles. The van der Waals surface area contributed by atoms with Gasteiger partial charge in [0.05, 0.1) is 0 Å². The highest BCUT2D eigenvalue weighted by molar-refractivity contribution is 5.92. The van der Waals surface area contributed by atoms with E-state index in [1.165, 1.54) is 19.3 Å². The first-order valence-electron chi connectivity index (χ1n) is 4.61. The number of ketones is 1. The van der Waals surface area contributed by atoms with E-state index < -0.39 is 0 Å². The second-order valence-electron chi connectivity index (χ2n) is 3.50. The van der Waals surface area contributed by atoms with Crippen molar-refractivity contribution in [2.75, 3.05) is 19.6 Å². The second kappa shape index (κ2) is 4.41. The summed E-state index contributed by atoms with van der Waals surface area (Å²) >= 11 is 0. The molecule has 12 heavy (non-hydrogen) atoms. The molecule has 0 aromatic carbocycles. The molecule has 0 aromatic heterocycles. The number of carbonyl (C=O) groups excluding carboxylic acids is 1. The summed E-state index contributed by atoms with van der Waals surface area (Å²) in [7, 11) is 0. The third-order valence-electron chi connectivity index (χ3n) is 2.36. The van der Waals surface area contributed by atoms with Gasteiger partial charge in [-0.1, -0.05) is 13.0 Å². The highest BCUT2D eigenvalue weighted by atomic mass is 16.1. The van der Waals surface area contributed by atoms with Crippen LogP contribution in [0.3, 0.4) is 0 Å². The first-order chi connectivity index (χ1) is 5.70. The summed E-state index contributed by atoms with van der Waals surface area (Å²) in [5.74, 6) is 0.126. The monoisotopic (exact) mass is 167 g/mol. The molecule has 68 valence electrons. The van der Waals surface area contributed by atoms with Gasteiger partial charge >= 0.3 is 0 Å². The standard InChI is InChI=1S/C10H17NO/c1-9(10(2)12)8-11-6-4-3-5-7-11/h1,3-8H2,2H3. The van der Waals surface area contributed by atoms with E-state index in [9.17, 15) is 4.79 Å². The zero-order chi connectivity index (χ0) is 8.97. The molecule has 1 heterocycles.